The maximum absolute atomic E-state index is 5.97. The highest BCUT2D eigenvalue weighted by molar-refractivity contribution is 7.97. The largest absolute Gasteiger partial charge is 0.494 e. The Labute approximate surface area is 152 Å². The second-order valence-corrected chi connectivity index (χ2v) is 7.40. The molecule has 2 nitrogen and oxygen atoms in total. The fourth-order valence-corrected chi connectivity index (χ4v) is 4.85. The van der Waals surface area contributed by atoms with Gasteiger partial charge in [-0.15, -0.1) is 0 Å². The average Bonchev–Trinajstić information content (AvgIpc) is 2.66. The molecule has 3 rings (SSSR count). The van der Waals surface area contributed by atoms with Crippen molar-refractivity contribution in [3.05, 3.63) is 78.9 Å². The second kappa shape index (κ2) is 8.63. The molecule has 0 bridgehead atoms. The molecule has 0 saturated heterocycles. The van der Waals surface area contributed by atoms with Gasteiger partial charge in [0.1, 0.15) is 16.6 Å². The molecule has 25 heavy (non-hydrogen) atoms. The molecule has 3 aromatic carbocycles. The second-order valence-electron chi connectivity index (χ2n) is 5.41. The van der Waals surface area contributed by atoms with E-state index in [0.29, 0.717) is 13.2 Å². The zero-order valence-corrected chi connectivity index (χ0v) is 15.5. The van der Waals surface area contributed by atoms with Crippen molar-refractivity contribution in [2.45, 2.75) is 28.5 Å². The van der Waals surface area contributed by atoms with Gasteiger partial charge in [-0.3, -0.25) is 0 Å². The first-order valence-electron chi connectivity index (χ1n) is 8.57. The van der Waals surface area contributed by atoms with Crippen LogP contribution in [0.15, 0.2) is 93.5 Å². The molecular formula is C22H23O2S+. The van der Waals surface area contributed by atoms with Crippen LogP contribution >= 0.6 is 0 Å². The Hall–Kier alpha value is -2.39. The molecule has 0 N–H and O–H groups in total. The summed E-state index contributed by atoms with van der Waals surface area (Å²) in [4.78, 5) is 3.74. The minimum Gasteiger partial charge on any atom is -0.494 e. The summed E-state index contributed by atoms with van der Waals surface area (Å²) < 4.78 is 11.6. The minimum absolute atomic E-state index is 0.220. The monoisotopic (exact) mass is 351 g/mol. The van der Waals surface area contributed by atoms with E-state index in [0.717, 1.165) is 11.5 Å². The van der Waals surface area contributed by atoms with Crippen LogP contribution in [-0.2, 0) is 10.9 Å². The van der Waals surface area contributed by atoms with Gasteiger partial charge in [0.05, 0.1) is 13.2 Å². The smallest absolute Gasteiger partial charge is 0.208 e. The van der Waals surface area contributed by atoms with Crippen molar-refractivity contribution in [1.82, 2.24) is 0 Å². The first-order valence-corrected chi connectivity index (χ1v) is 9.80. The fourth-order valence-electron chi connectivity index (χ4n) is 2.68. The SMILES string of the molecule is CCOc1ccc([S+](c2ccccc2)c2ccccc2)c(OCC)c1. The summed E-state index contributed by atoms with van der Waals surface area (Å²) in [5.74, 6) is 1.74. The van der Waals surface area contributed by atoms with Gasteiger partial charge in [-0.25, -0.2) is 0 Å². The molecule has 0 fully saturated rings. The zero-order chi connectivity index (χ0) is 17.5. The van der Waals surface area contributed by atoms with Crippen LogP contribution in [0.1, 0.15) is 13.8 Å². The zero-order valence-electron chi connectivity index (χ0n) is 14.6. The van der Waals surface area contributed by atoms with E-state index in [1.165, 1.54) is 14.7 Å². The maximum Gasteiger partial charge on any atom is 0.208 e. The van der Waals surface area contributed by atoms with Crippen molar-refractivity contribution < 1.29 is 9.47 Å². The average molecular weight is 351 g/mol. The molecule has 0 spiro atoms. The van der Waals surface area contributed by atoms with Crippen LogP contribution in [0, 0.1) is 0 Å². The van der Waals surface area contributed by atoms with Crippen molar-refractivity contribution in [1.29, 1.82) is 0 Å². The molecular weight excluding hydrogens is 328 g/mol. The molecule has 3 heteroatoms. The summed E-state index contributed by atoms with van der Waals surface area (Å²) in [6.45, 7) is 5.28. The lowest BCUT2D eigenvalue weighted by atomic mass is 10.3. The molecule has 0 aliphatic heterocycles. The third-order valence-corrected chi connectivity index (χ3v) is 5.97. The number of rotatable bonds is 7. The Morgan fingerprint density at radius 2 is 1.24 bits per heavy atom. The van der Waals surface area contributed by atoms with Crippen molar-refractivity contribution in [2.24, 2.45) is 0 Å². The quantitative estimate of drug-likeness (QED) is 0.517. The van der Waals surface area contributed by atoms with E-state index in [4.69, 9.17) is 9.47 Å². The van der Waals surface area contributed by atoms with Crippen LogP contribution in [-0.4, -0.2) is 13.2 Å². The Balaban J connectivity index is 2.13. The molecule has 128 valence electrons. The van der Waals surface area contributed by atoms with E-state index < -0.39 is 0 Å². The Morgan fingerprint density at radius 1 is 0.680 bits per heavy atom. The molecule has 0 aliphatic rings. The van der Waals surface area contributed by atoms with Gasteiger partial charge in [-0.1, -0.05) is 36.4 Å². The lowest BCUT2D eigenvalue weighted by Crippen LogP contribution is -2.08. The summed E-state index contributed by atoms with van der Waals surface area (Å²) in [7, 11) is -0.220. The molecule has 0 saturated carbocycles. The molecule has 0 atom stereocenters. The third-order valence-electron chi connectivity index (χ3n) is 3.70. The minimum atomic E-state index is -0.220. The van der Waals surface area contributed by atoms with Gasteiger partial charge in [-0.2, -0.15) is 0 Å². The van der Waals surface area contributed by atoms with Crippen molar-refractivity contribution >= 4 is 10.9 Å². The van der Waals surface area contributed by atoms with Gasteiger partial charge >= 0.3 is 0 Å². The summed E-state index contributed by atoms with van der Waals surface area (Å²) >= 11 is 0. The van der Waals surface area contributed by atoms with Crippen LogP contribution in [0.2, 0.25) is 0 Å². The van der Waals surface area contributed by atoms with Gasteiger partial charge in [0.25, 0.3) is 0 Å². The van der Waals surface area contributed by atoms with Crippen molar-refractivity contribution in [2.75, 3.05) is 13.2 Å². The molecule has 0 radical (unpaired) electrons. The van der Waals surface area contributed by atoms with Crippen LogP contribution in [0.25, 0.3) is 0 Å². The van der Waals surface area contributed by atoms with Crippen molar-refractivity contribution in [3.8, 4) is 11.5 Å². The molecule has 0 aromatic heterocycles. The van der Waals surface area contributed by atoms with Gasteiger partial charge in [0, 0.05) is 12.1 Å². The summed E-state index contributed by atoms with van der Waals surface area (Å²) in [5.41, 5.74) is 0. The maximum atomic E-state index is 5.97. The highest BCUT2D eigenvalue weighted by Crippen LogP contribution is 2.38. The number of benzene rings is 3. The first-order chi connectivity index (χ1) is 12.3. The molecule has 0 unspecified atom stereocenters. The van der Waals surface area contributed by atoms with Crippen LogP contribution in [0.4, 0.5) is 0 Å². The van der Waals surface area contributed by atoms with Crippen LogP contribution in [0.3, 0.4) is 0 Å². The Bertz CT molecular complexity index is 748. The van der Waals surface area contributed by atoms with Gasteiger partial charge in [-0.05, 0) is 44.2 Å². The Kier molecular flexibility index (Phi) is 6.02. The predicted molar refractivity (Wildman–Crippen MR) is 104 cm³/mol. The van der Waals surface area contributed by atoms with E-state index in [-0.39, 0.29) is 10.9 Å². The topological polar surface area (TPSA) is 18.5 Å². The summed E-state index contributed by atoms with van der Waals surface area (Å²) in [6, 6.07) is 27.4. The highest BCUT2D eigenvalue weighted by Gasteiger charge is 2.32. The molecule has 0 aliphatic carbocycles. The van der Waals surface area contributed by atoms with E-state index in [1.54, 1.807) is 0 Å². The predicted octanol–water partition coefficient (Wildman–Crippen LogP) is 5.58. The summed E-state index contributed by atoms with van der Waals surface area (Å²) in [6.07, 6.45) is 0. The highest BCUT2D eigenvalue weighted by atomic mass is 32.2. The van der Waals surface area contributed by atoms with Gasteiger partial charge < -0.3 is 9.47 Å². The van der Waals surface area contributed by atoms with Crippen molar-refractivity contribution in [3.63, 3.8) is 0 Å². The molecule has 0 amide bonds. The van der Waals surface area contributed by atoms with E-state index in [9.17, 15) is 0 Å². The van der Waals surface area contributed by atoms with Gasteiger partial charge in [0.15, 0.2) is 15.5 Å². The van der Waals surface area contributed by atoms with Gasteiger partial charge in [0.2, 0.25) is 4.90 Å². The number of hydrogen-bond acceptors (Lipinski definition) is 2. The van der Waals surface area contributed by atoms with E-state index in [2.05, 4.69) is 66.7 Å². The first kappa shape index (κ1) is 17.4. The van der Waals surface area contributed by atoms with Crippen LogP contribution < -0.4 is 9.47 Å². The molecule has 0 heterocycles. The lowest BCUT2D eigenvalue weighted by Gasteiger charge is -2.13. The third kappa shape index (κ3) is 4.18. The Morgan fingerprint density at radius 3 is 1.76 bits per heavy atom. The van der Waals surface area contributed by atoms with Crippen LogP contribution in [0.5, 0.6) is 11.5 Å². The number of ether oxygens (including phenoxy) is 2. The van der Waals surface area contributed by atoms with E-state index in [1.807, 2.05) is 26.0 Å². The standard InChI is InChI=1S/C22H23O2S/c1-3-23-18-15-16-22(21(17-18)24-4-2)25(19-11-7-5-8-12-19)20-13-9-6-10-14-20/h5-17H,3-4H2,1-2H3/q+1. The van der Waals surface area contributed by atoms with E-state index >= 15 is 0 Å². The normalized spacial score (nSPS) is 10.7. The number of hydrogen-bond donors (Lipinski definition) is 0. The fraction of sp³-hybridized carbons (Fsp3) is 0.182. The lowest BCUT2D eigenvalue weighted by molar-refractivity contribution is 0.317. The summed E-state index contributed by atoms with van der Waals surface area (Å²) in [5, 5.41) is 0. The molecule has 3 aromatic rings.